The first kappa shape index (κ1) is 17.0. The van der Waals surface area contributed by atoms with Gasteiger partial charge in [0.15, 0.2) is 0 Å². The van der Waals surface area contributed by atoms with E-state index in [1.807, 2.05) is 0 Å². The number of ether oxygens (including phenoxy) is 1. The zero-order chi connectivity index (χ0) is 12.9. The number of unbranched alkanes of at least 4 members (excludes halogenated alkanes) is 8. The molecule has 0 spiro atoms. The first-order chi connectivity index (χ1) is 8.18. The highest BCUT2D eigenvalue weighted by molar-refractivity contribution is 7.94. The topological polar surface area (TPSA) is 29.5 Å². The van der Waals surface area contributed by atoms with E-state index in [-0.39, 0.29) is 0 Å². The Morgan fingerprint density at radius 1 is 0.941 bits per heavy atom. The standard InChI is InChI=1S/C12H25NO2S2/c1-2-3-4-5-6-7-8-9-10-11-15-12(14)13(16)17/h16-17H,2-11H2,1H3. The highest BCUT2D eigenvalue weighted by Crippen LogP contribution is 2.10. The number of hydrogen-bond acceptors (Lipinski definition) is 4. The molecule has 0 N–H and O–H groups in total. The van der Waals surface area contributed by atoms with Crippen LogP contribution in [0.15, 0.2) is 0 Å². The molecule has 0 aromatic carbocycles. The van der Waals surface area contributed by atoms with Gasteiger partial charge in [-0.1, -0.05) is 58.3 Å². The van der Waals surface area contributed by atoms with Crippen molar-refractivity contribution in [1.29, 1.82) is 0 Å². The van der Waals surface area contributed by atoms with Crippen molar-refractivity contribution in [2.45, 2.75) is 64.7 Å². The third kappa shape index (κ3) is 12.2. The first-order valence-electron chi connectivity index (χ1n) is 6.53. The summed E-state index contributed by atoms with van der Waals surface area (Å²) < 4.78 is 5.75. The Labute approximate surface area is 116 Å². The second-order valence-electron chi connectivity index (χ2n) is 4.23. The molecule has 0 aliphatic carbocycles. The van der Waals surface area contributed by atoms with Gasteiger partial charge in [0, 0.05) is 0 Å². The Bertz CT molecular complexity index is 189. The Kier molecular flexibility index (Phi) is 12.4. The van der Waals surface area contributed by atoms with Crippen LogP contribution < -0.4 is 0 Å². The number of nitrogens with zero attached hydrogens (tertiary/aromatic N) is 1. The number of carbonyl (C=O) groups is 1. The van der Waals surface area contributed by atoms with Crippen LogP contribution in [0.1, 0.15) is 64.7 Å². The van der Waals surface area contributed by atoms with Crippen LogP contribution in [-0.2, 0) is 4.74 Å². The van der Waals surface area contributed by atoms with Crippen molar-refractivity contribution in [3.8, 4) is 0 Å². The van der Waals surface area contributed by atoms with Crippen LogP contribution in [0.5, 0.6) is 0 Å². The lowest BCUT2D eigenvalue weighted by molar-refractivity contribution is 0.140. The predicted molar refractivity (Wildman–Crippen MR) is 78.4 cm³/mol. The summed E-state index contributed by atoms with van der Waals surface area (Å²) in [5.41, 5.74) is 0. The van der Waals surface area contributed by atoms with E-state index in [0.717, 1.165) is 16.6 Å². The molecule has 0 rings (SSSR count). The molecule has 0 fully saturated rings. The Morgan fingerprint density at radius 2 is 1.41 bits per heavy atom. The number of carbonyl (C=O) groups excluding carboxylic acids is 1. The second kappa shape index (κ2) is 12.4. The maximum atomic E-state index is 10.9. The summed E-state index contributed by atoms with van der Waals surface area (Å²) in [5, 5.41) is 0. The van der Waals surface area contributed by atoms with E-state index < -0.39 is 6.09 Å². The maximum absolute atomic E-state index is 10.9. The fraction of sp³-hybridized carbons (Fsp3) is 0.917. The molecule has 5 heteroatoms. The molecule has 0 radical (unpaired) electrons. The van der Waals surface area contributed by atoms with E-state index >= 15 is 0 Å². The molecule has 17 heavy (non-hydrogen) atoms. The lowest BCUT2D eigenvalue weighted by Gasteiger charge is -2.08. The van der Waals surface area contributed by atoms with Crippen LogP contribution in [0, 0.1) is 0 Å². The molecule has 0 bridgehead atoms. The molecular weight excluding hydrogens is 254 g/mol. The van der Waals surface area contributed by atoms with E-state index in [9.17, 15) is 4.79 Å². The highest BCUT2D eigenvalue weighted by Gasteiger charge is 2.05. The van der Waals surface area contributed by atoms with E-state index in [4.69, 9.17) is 4.74 Å². The summed E-state index contributed by atoms with van der Waals surface area (Å²) >= 11 is 7.43. The number of rotatable bonds is 10. The molecule has 3 nitrogen and oxygen atoms in total. The molecule has 1 amide bonds. The lowest BCUT2D eigenvalue weighted by atomic mass is 10.1. The van der Waals surface area contributed by atoms with Crippen LogP contribution in [0.2, 0.25) is 0 Å². The minimum atomic E-state index is -0.503. The van der Waals surface area contributed by atoms with Gasteiger partial charge in [-0.15, -0.1) is 0 Å². The highest BCUT2D eigenvalue weighted by atomic mass is 32.2. The predicted octanol–water partition coefficient (Wildman–Crippen LogP) is 4.65. The normalized spacial score (nSPS) is 10.3. The zero-order valence-electron chi connectivity index (χ0n) is 10.7. The third-order valence-electron chi connectivity index (χ3n) is 2.64. The van der Waals surface area contributed by atoms with Crippen LogP contribution in [0.4, 0.5) is 4.79 Å². The number of hydrogen-bond donors (Lipinski definition) is 2. The average Bonchev–Trinajstić information content (AvgIpc) is 2.31. The van der Waals surface area contributed by atoms with Gasteiger partial charge in [-0.05, 0) is 32.1 Å². The van der Waals surface area contributed by atoms with Crippen LogP contribution in [0.3, 0.4) is 0 Å². The lowest BCUT2D eigenvalue weighted by Crippen LogP contribution is -2.13. The smallest absolute Gasteiger partial charge is 0.429 e. The number of amides is 1. The molecule has 0 saturated heterocycles. The second-order valence-corrected chi connectivity index (χ2v) is 5.35. The van der Waals surface area contributed by atoms with Gasteiger partial charge in [-0.2, -0.15) is 3.71 Å². The van der Waals surface area contributed by atoms with Gasteiger partial charge in [0.1, 0.15) is 0 Å². The minimum absolute atomic E-state index is 0.465. The molecule has 0 aromatic heterocycles. The quantitative estimate of drug-likeness (QED) is 0.450. The van der Waals surface area contributed by atoms with Crippen molar-refractivity contribution in [2.75, 3.05) is 6.61 Å². The van der Waals surface area contributed by atoms with Crippen LogP contribution in [0.25, 0.3) is 0 Å². The Morgan fingerprint density at radius 3 is 1.88 bits per heavy atom. The van der Waals surface area contributed by atoms with Crippen molar-refractivity contribution >= 4 is 31.7 Å². The summed E-state index contributed by atoms with van der Waals surface area (Å²) in [5.74, 6) is 0. The SMILES string of the molecule is CCCCCCCCCCCOC(=O)N(S)S. The molecule has 102 valence electrons. The van der Waals surface area contributed by atoms with Crippen molar-refractivity contribution in [1.82, 2.24) is 3.71 Å². The van der Waals surface area contributed by atoms with E-state index in [1.165, 1.54) is 44.9 Å². The van der Waals surface area contributed by atoms with E-state index in [2.05, 4.69) is 32.6 Å². The van der Waals surface area contributed by atoms with E-state index in [0.29, 0.717) is 6.61 Å². The van der Waals surface area contributed by atoms with Gasteiger partial charge in [-0.3, -0.25) is 0 Å². The summed E-state index contributed by atoms with van der Waals surface area (Å²) in [4.78, 5) is 10.9. The van der Waals surface area contributed by atoms with Crippen LogP contribution >= 0.6 is 25.6 Å². The zero-order valence-corrected chi connectivity index (χ0v) is 12.5. The number of thiol groups is 2. The monoisotopic (exact) mass is 279 g/mol. The maximum Gasteiger partial charge on any atom is 0.429 e. The molecule has 0 heterocycles. The summed E-state index contributed by atoms with van der Waals surface area (Å²) in [6.07, 6.45) is 10.8. The molecule has 0 aromatic rings. The Hall–Kier alpha value is -0.0300. The van der Waals surface area contributed by atoms with Crippen molar-refractivity contribution in [3.63, 3.8) is 0 Å². The Balaban J connectivity index is 3.06. The molecule has 0 unspecified atom stereocenters. The fourth-order valence-corrected chi connectivity index (χ4v) is 1.75. The van der Waals surface area contributed by atoms with Crippen molar-refractivity contribution in [3.05, 3.63) is 0 Å². The molecular formula is C12H25NO2S2. The summed E-state index contributed by atoms with van der Waals surface area (Å²) in [7, 11) is 0. The van der Waals surface area contributed by atoms with Gasteiger partial charge in [-0.25, -0.2) is 4.79 Å². The molecule has 0 aliphatic heterocycles. The third-order valence-corrected chi connectivity index (χ3v) is 2.96. The summed E-state index contributed by atoms with van der Waals surface area (Å²) in [6.45, 7) is 2.70. The van der Waals surface area contributed by atoms with Gasteiger partial charge < -0.3 is 4.74 Å². The summed E-state index contributed by atoms with van der Waals surface area (Å²) in [6, 6.07) is 0. The largest absolute Gasteiger partial charge is 0.448 e. The van der Waals surface area contributed by atoms with Crippen LogP contribution in [-0.4, -0.2) is 16.4 Å². The average molecular weight is 279 g/mol. The van der Waals surface area contributed by atoms with Gasteiger partial charge in [0.2, 0.25) is 0 Å². The molecule has 0 atom stereocenters. The first-order valence-corrected chi connectivity index (χ1v) is 7.33. The van der Waals surface area contributed by atoms with Gasteiger partial charge in [0.05, 0.1) is 6.61 Å². The minimum Gasteiger partial charge on any atom is -0.448 e. The van der Waals surface area contributed by atoms with Gasteiger partial charge in [0.25, 0.3) is 0 Å². The molecule has 0 aliphatic rings. The van der Waals surface area contributed by atoms with Crippen molar-refractivity contribution < 1.29 is 9.53 Å². The molecule has 0 saturated carbocycles. The van der Waals surface area contributed by atoms with Gasteiger partial charge >= 0.3 is 6.09 Å². The van der Waals surface area contributed by atoms with E-state index in [1.54, 1.807) is 0 Å². The fourth-order valence-electron chi connectivity index (χ4n) is 1.63. The van der Waals surface area contributed by atoms with Crippen molar-refractivity contribution in [2.24, 2.45) is 0 Å².